The average molecular weight is 552 g/mol. The first-order chi connectivity index (χ1) is 15.1. The Hall–Kier alpha value is -2.49. The van der Waals surface area contributed by atoms with Crippen LogP contribution in [0.4, 0.5) is 0 Å². The van der Waals surface area contributed by atoms with Gasteiger partial charge in [0.25, 0.3) is 0 Å². The zero-order valence-electron chi connectivity index (χ0n) is 19.0. The van der Waals surface area contributed by atoms with Crippen LogP contribution in [0, 0.1) is 0 Å². The first-order valence-electron chi connectivity index (χ1n) is 10.7. The fourth-order valence-electron chi connectivity index (χ4n) is 3.63. The number of aliphatic imine (C=N–C) groups is 1. The molecule has 0 bridgehead atoms. The third-order valence-corrected chi connectivity index (χ3v) is 5.34. The lowest BCUT2D eigenvalue weighted by Gasteiger charge is -2.19. The highest BCUT2D eigenvalue weighted by atomic mass is 127. The van der Waals surface area contributed by atoms with Crippen molar-refractivity contribution in [3.8, 4) is 11.5 Å². The van der Waals surface area contributed by atoms with Crippen LogP contribution in [0.3, 0.4) is 0 Å². The van der Waals surface area contributed by atoms with Crippen LogP contribution < -0.4 is 20.1 Å². The molecule has 2 N–H and O–H groups in total. The summed E-state index contributed by atoms with van der Waals surface area (Å²) in [5, 5.41) is 6.71. The van der Waals surface area contributed by atoms with Crippen molar-refractivity contribution in [2.24, 2.45) is 4.99 Å². The standard InChI is InChI=1S/C24H32N4O3.HI/c1-4-25-24(27-16-19-11-12-21(30-2)14-22(19)31-3)26-15-18-8-5-6-9-20(18)17-28-13-7-10-23(28)29;/h5-6,8-9,11-12,14H,4,7,10,13,15-17H2,1-3H3,(H2,25,26,27);1H. The number of carbonyl (C=O) groups excluding carboxylic acids is 1. The van der Waals surface area contributed by atoms with E-state index in [2.05, 4.69) is 22.8 Å². The molecular weight excluding hydrogens is 519 g/mol. The van der Waals surface area contributed by atoms with Gasteiger partial charge in [-0.1, -0.05) is 24.3 Å². The number of carbonyl (C=O) groups is 1. The van der Waals surface area contributed by atoms with Gasteiger partial charge >= 0.3 is 0 Å². The molecule has 1 aliphatic heterocycles. The lowest BCUT2D eigenvalue weighted by atomic mass is 10.1. The Bertz CT molecular complexity index is 920. The molecule has 0 saturated carbocycles. The van der Waals surface area contributed by atoms with Crippen molar-refractivity contribution in [3.63, 3.8) is 0 Å². The number of guanidine groups is 1. The van der Waals surface area contributed by atoms with Crippen LogP contribution in [0.1, 0.15) is 36.5 Å². The average Bonchev–Trinajstić information content (AvgIpc) is 3.20. The highest BCUT2D eigenvalue weighted by Gasteiger charge is 2.20. The summed E-state index contributed by atoms with van der Waals surface area (Å²) in [6.45, 7) is 5.41. The van der Waals surface area contributed by atoms with E-state index in [1.165, 1.54) is 0 Å². The molecule has 1 heterocycles. The molecule has 0 aromatic heterocycles. The van der Waals surface area contributed by atoms with Crippen molar-refractivity contribution in [1.82, 2.24) is 15.5 Å². The predicted molar refractivity (Wildman–Crippen MR) is 138 cm³/mol. The summed E-state index contributed by atoms with van der Waals surface area (Å²) in [4.78, 5) is 18.7. The summed E-state index contributed by atoms with van der Waals surface area (Å²) in [6.07, 6.45) is 1.61. The minimum absolute atomic E-state index is 0. The normalized spacial score (nSPS) is 13.5. The first kappa shape index (κ1) is 25.8. The summed E-state index contributed by atoms with van der Waals surface area (Å²) < 4.78 is 10.7. The lowest BCUT2D eigenvalue weighted by Crippen LogP contribution is -2.37. The van der Waals surface area contributed by atoms with Crippen molar-refractivity contribution < 1.29 is 14.3 Å². The number of halogens is 1. The zero-order chi connectivity index (χ0) is 22.1. The number of nitrogens with one attached hydrogen (secondary N) is 2. The van der Waals surface area contributed by atoms with Gasteiger partial charge < -0.3 is 25.0 Å². The van der Waals surface area contributed by atoms with Crippen LogP contribution in [0.2, 0.25) is 0 Å². The number of likely N-dealkylation sites (tertiary alicyclic amines) is 1. The van der Waals surface area contributed by atoms with Gasteiger partial charge in [0.1, 0.15) is 11.5 Å². The number of methoxy groups -OCH3 is 2. The molecule has 3 rings (SSSR count). The minimum atomic E-state index is 0. The minimum Gasteiger partial charge on any atom is -0.497 e. The maximum atomic E-state index is 12.0. The molecule has 1 amide bonds. The topological polar surface area (TPSA) is 75.2 Å². The second kappa shape index (κ2) is 13.1. The first-order valence-corrected chi connectivity index (χ1v) is 10.7. The fourth-order valence-corrected chi connectivity index (χ4v) is 3.63. The van der Waals surface area contributed by atoms with Crippen molar-refractivity contribution in [2.45, 2.75) is 39.4 Å². The van der Waals surface area contributed by atoms with E-state index in [1.54, 1.807) is 14.2 Å². The van der Waals surface area contributed by atoms with E-state index >= 15 is 0 Å². The number of ether oxygens (including phenoxy) is 2. The summed E-state index contributed by atoms with van der Waals surface area (Å²) in [5.41, 5.74) is 3.31. The van der Waals surface area contributed by atoms with Crippen LogP contribution in [-0.2, 0) is 24.4 Å². The Labute approximate surface area is 207 Å². The van der Waals surface area contributed by atoms with E-state index in [1.807, 2.05) is 42.2 Å². The van der Waals surface area contributed by atoms with Gasteiger partial charge in [-0.05, 0) is 36.6 Å². The van der Waals surface area contributed by atoms with Gasteiger partial charge in [-0.2, -0.15) is 0 Å². The zero-order valence-corrected chi connectivity index (χ0v) is 21.3. The molecule has 0 spiro atoms. The summed E-state index contributed by atoms with van der Waals surface area (Å²) in [6, 6.07) is 14.0. The van der Waals surface area contributed by atoms with Gasteiger partial charge in [-0.3, -0.25) is 4.79 Å². The molecule has 2 aromatic rings. The molecule has 7 nitrogen and oxygen atoms in total. The molecule has 0 aliphatic carbocycles. The molecule has 1 saturated heterocycles. The van der Waals surface area contributed by atoms with Crippen LogP contribution in [0.25, 0.3) is 0 Å². The number of rotatable bonds is 9. The van der Waals surface area contributed by atoms with Crippen LogP contribution >= 0.6 is 24.0 Å². The van der Waals surface area contributed by atoms with Crippen LogP contribution in [-0.4, -0.2) is 44.1 Å². The van der Waals surface area contributed by atoms with E-state index in [9.17, 15) is 4.79 Å². The molecular formula is C24H33IN4O3. The number of benzene rings is 2. The summed E-state index contributed by atoms with van der Waals surface area (Å²) in [5.74, 6) is 2.47. The molecule has 8 heteroatoms. The quantitative estimate of drug-likeness (QED) is 0.282. The third-order valence-electron chi connectivity index (χ3n) is 5.34. The Balaban J connectivity index is 0.00000363. The third kappa shape index (κ3) is 7.01. The second-order valence-electron chi connectivity index (χ2n) is 7.41. The summed E-state index contributed by atoms with van der Waals surface area (Å²) >= 11 is 0. The molecule has 1 fully saturated rings. The Morgan fingerprint density at radius 1 is 1.06 bits per heavy atom. The molecule has 0 radical (unpaired) electrons. The predicted octanol–water partition coefficient (Wildman–Crippen LogP) is 3.70. The Morgan fingerprint density at radius 2 is 1.84 bits per heavy atom. The molecule has 0 unspecified atom stereocenters. The second-order valence-corrected chi connectivity index (χ2v) is 7.41. The SMILES string of the molecule is CCNC(=NCc1ccc(OC)cc1OC)NCc1ccccc1CN1CCCC1=O.I. The highest BCUT2D eigenvalue weighted by Crippen LogP contribution is 2.25. The maximum Gasteiger partial charge on any atom is 0.222 e. The molecule has 2 aromatic carbocycles. The smallest absolute Gasteiger partial charge is 0.222 e. The molecule has 174 valence electrons. The summed E-state index contributed by atoms with van der Waals surface area (Å²) in [7, 11) is 3.28. The number of amides is 1. The van der Waals surface area contributed by atoms with Gasteiger partial charge in [0, 0.05) is 44.2 Å². The van der Waals surface area contributed by atoms with Crippen molar-refractivity contribution in [2.75, 3.05) is 27.3 Å². The van der Waals surface area contributed by atoms with Crippen molar-refractivity contribution in [1.29, 1.82) is 0 Å². The Morgan fingerprint density at radius 3 is 2.50 bits per heavy atom. The fraction of sp³-hybridized carbons (Fsp3) is 0.417. The largest absolute Gasteiger partial charge is 0.497 e. The van der Waals surface area contributed by atoms with Crippen LogP contribution in [0.5, 0.6) is 11.5 Å². The number of nitrogens with zero attached hydrogens (tertiary/aromatic N) is 2. The van der Waals surface area contributed by atoms with E-state index in [4.69, 9.17) is 14.5 Å². The van der Waals surface area contributed by atoms with Gasteiger partial charge in [0.05, 0.1) is 20.8 Å². The van der Waals surface area contributed by atoms with Gasteiger partial charge in [-0.15, -0.1) is 24.0 Å². The van der Waals surface area contributed by atoms with Gasteiger partial charge in [-0.25, -0.2) is 4.99 Å². The van der Waals surface area contributed by atoms with Gasteiger partial charge in [0.2, 0.25) is 5.91 Å². The molecule has 0 atom stereocenters. The van der Waals surface area contributed by atoms with Crippen LogP contribution in [0.15, 0.2) is 47.5 Å². The highest BCUT2D eigenvalue weighted by molar-refractivity contribution is 14.0. The molecule has 32 heavy (non-hydrogen) atoms. The van der Waals surface area contributed by atoms with Crippen molar-refractivity contribution >= 4 is 35.8 Å². The van der Waals surface area contributed by atoms with E-state index in [0.29, 0.717) is 26.1 Å². The Kier molecular flexibility index (Phi) is 10.6. The molecule has 1 aliphatic rings. The van der Waals surface area contributed by atoms with Crippen molar-refractivity contribution in [3.05, 3.63) is 59.2 Å². The monoisotopic (exact) mass is 552 g/mol. The van der Waals surface area contributed by atoms with Gasteiger partial charge in [0.15, 0.2) is 5.96 Å². The number of hydrogen-bond donors (Lipinski definition) is 2. The maximum absolute atomic E-state index is 12.0. The van der Waals surface area contributed by atoms with E-state index in [0.717, 1.165) is 53.7 Å². The number of hydrogen-bond acceptors (Lipinski definition) is 4. The van der Waals surface area contributed by atoms with E-state index in [-0.39, 0.29) is 29.9 Å². The van der Waals surface area contributed by atoms with E-state index < -0.39 is 0 Å². The lowest BCUT2D eigenvalue weighted by molar-refractivity contribution is -0.128.